The largest absolute Gasteiger partial charge is 0.335 e. The van der Waals surface area contributed by atoms with Crippen molar-refractivity contribution in [3.05, 3.63) is 71.3 Å². The van der Waals surface area contributed by atoms with Crippen LogP contribution in [0.3, 0.4) is 0 Å². The fraction of sp³-hybridized carbons (Fsp3) is 0.316. The van der Waals surface area contributed by atoms with Gasteiger partial charge in [0.25, 0.3) is 5.91 Å². The molecule has 1 fully saturated rings. The molecule has 3 rings (SSSR count). The topological polar surface area (TPSA) is 46.3 Å². The van der Waals surface area contributed by atoms with Crippen LogP contribution in [0.4, 0.5) is 0 Å². The minimum Gasteiger partial charge on any atom is -0.335 e. The molecule has 1 unspecified atom stereocenters. The molecule has 2 aromatic carbocycles. The molecule has 1 amide bonds. The molecule has 0 spiro atoms. The van der Waals surface area contributed by atoms with Crippen molar-refractivity contribution in [2.45, 2.75) is 31.8 Å². The summed E-state index contributed by atoms with van der Waals surface area (Å²) in [6.45, 7) is 1.36. The summed E-state index contributed by atoms with van der Waals surface area (Å²) in [5.41, 5.74) is 8.72. The number of amides is 1. The van der Waals surface area contributed by atoms with Crippen molar-refractivity contribution in [1.29, 1.82) is 0 Å². The molecule has 1 heterocycles. The zero-order chi connectivity index (χ0) is 15.4. The molecule has 3 nitrogen and oxygen atoms in total. The smallest absolute Gasteiger partial charge is 0.254 e. The number of carbonyl (C=O) groups excluding carboxylic acids is 1. The van der Waals surface area contributed by atoms with E-state index in [0.29, 0.717) is 12.6 Å². The summed E-state index contributed by atoms with van der Waals surface area (Å²) in [7, 11) is 0. The van der Waals surface area contributed by atoms with Crippen molar-refractivity contribution >= 4 is 5.91 Å². The number of nitrogens with two attached hydrogens (primary N) is 1. The Bertz CT molecular complexity index is 622. The fourth-order valence-corrected chi connectivity index (χ4v) is 3.15. The van der Waals surface area contributed by atoms with Crippen molar-refractivity contribution in [2.24, 2.45) is 5.73 Å². The van der Waals surface area contributed by atoms with E-state index in [9.17, 15) is 4.79 Å². The van der Waals surface area contributed by atoms with Gasteiger partial charge in [0, 0.05) is 24.7 Å². The van der Waals surface area contributed by atoms with E-state index in [0.717, 1.165) is 36.9 Å². The van der Waals surface area contributed by atoms with Crippen molar-refractivity contribution in [1.82, 2.24) is 4.90 Å². The van der Waals surface area contributed by atoms with Crippen molar-refractivity contribution in [3.63, 3.8) is 0 Å². The lowest BCUT2D eigenvalue weighted by Gasteiger charge is -2.25. The first-order valence-corrected chi connectivity index (χ1v) is 7.92. The molecular formula is C19H22N2O. The summed E-state index contributed by atoms with van der Waals surface area (Å²) >= 11 is 0. The zero-order valence-corrected chi connectivity index (χ0v) is 12.7. The highest BCUT2D eigenvalue weighted by atomic mass is 16.2. The van der Waals surface area contributed by atoms with Gasteiger partial charge in [-0.2, -0.15) is 0 Å². The van der Waals surface area contributed by atoms with Gasteiger partial charge in [-0.1, -0.05) is 42.5 Å². The zero-order valence-electron chi connectivity index (χ0n) is 12.7. The molecule has 0 aromatic heterocycles. The van der Waals surface area contributed by atoms with Crippen LogP contribution in [0.5, 0.6) is 0 Å². The highest BCUT2D eigenvalue weighted by molar-refractivity contribution is 5.94. The van der Waals surface area contributed by atoms with Gasteiger partial charge in [0.1, 0.15) is 0 Å². The molecule has 2 N–H and O–H groups in total. The second kappa shape index (κ2) is 6.75. The van der Waals surface area contributed by atoms with Crippen LogP contribution in [0.1, 0.15) is 34.3 Å². The Kier molecular flexibility index (Phi) is 4.54. The second-order valence-electron chi connectivity index (χ2n) is 5.89. The van der Waals surface area contributed by atoms with E-state index in [1.165, 1.54) is 5.56 Å². The van der Waals surface area contributed by atoms with E-state index in [-0.39, 0.29) is 5.91 Å². The molecule has 0 radical (unpaired) electrons. The van der Waals surface area contributed by atoms with Crippen LogP contribution in [-0.4, -0.2) is 23.4 Å². The Morgan fingerprint density at radius 3 is 2.45 bits per heavy atom. The molecule has 1 aliphatic heterocycles. The monoisotopic (exact) mass is 294 g/mol. The van der Waals surface area contributed by atoms with E-state index in [1.807, 2.05) is 35.2 Å². The van der Waals surface area contributed by atoms with Crippen LogP contribution in [0.2, 0.25) is 0 Å². The van der Waals surface area contributed by atoms with Gasteiger partial charge in [0.05, 0.1) is 0 Å². The Balaban J connectivity index is 1.73. The van der Waals surface area contributed by atoms with E-state index >= 15 is 0 Å². The number of hydrogen-bond acceptors (Lipinski definition) is 2. The minimum atomic E-state index is 0.141. The number of rotatable bonds is 4. The van der Waals surface area contributed by atoms with Crippen LogP contribution in [-0.2, 0) is 13.0 Å². The maximum absolute atomic E-state index is 12.7. The predicted molar refractivity (Wildman–Crippen MR) is 88.5 cm³/mol. The first-order valence-electron chi connectivity index (χ1n) is 7.92. The molecule has 2 aromatic rings. The predicted octanol–water partition coefficient (Wildman–Crippen LogP) is 2.99. The summed E-state index contributed by atoms with van der Waals surface area (Å²) in [5, 5.41) is 0. The van der Waals surface area contributed by atoms with Gasteiger partial charge >= 0.3 is 0 Å². The summed E-state index contributed by atoms with van der Waals surface area (Å²) in [4.78, 5) is 14.8. The summed E-state index contributed by atoms with van der Waals surface area (Å²) in [5.74, 6) is 0.141. The normalized spacial score (nSPS) is 17.7. The standard InChI is InChI=1S/C19H22N2O/c20-14-16-8-10-17(11-9-16)19(22)21-12-4-7-18(21)13-15-5-2-1-3-6-15/h1-3,5-6,8-11,18H,4,7,12-14,20H2. The number of hydrogen-bond donors (Lipinski definition) is 1. The van der Waals surface area contributed by atoms with Crippen LogP contribution in [0.15, 0.2) is 54.6 Å². The second-order valence-corrected chi connectivity index (χ2v) is 5.89. The van der Waals surface area contributed by atoms with Gasteiger partial charge in [-0.3, -0.25) is 4.79 Å². The maximum atomic E-state index is 12.7. The lowest BCUT2D eigenvalue weighted by molar-refractivity contribution is 0.0736. The highest BCUT2D eigenvalue weighted by Gasteiger charge is 2.29. The van der Waals surface area contributed by atoms with E-state index in [4.69, 9.17) is 5.73 Å². The SMILES string of the molecule is NCc1ccc(C(=O)N2CCCC2Cc2ccccc2)cc1. The molecule has 0 aliphatic carbocycles. The number of carbonyl (C=O) groups is 1. The lowest BCUT2D eigenvalue weighted by atomic mass is 10.0. The third-order valence-corrected chi connectivity index (χ3v) is 4.39. The van der Waals surface area contributed by atoms with E-state index in [2.05, 4.69) is 24.3 Å². The van der Waals surface area contributed by atoms with Crippen molar-refractivity contribution < 1.29 is 4.79 Å². The van der Waals surface area contributed by atoms with Gasteiger partial charge in [0.15, 0.2) is 0 Å². The molecular weight excluding hydrogens is 272 g/mol. The van der Waals surface area contributed by atoms with Crippen LogP contribution < -0.4 is 5.73 Å². The molecule has 114 valence electrons. The number of benzene rings is 2. The number of likely N-dealkylation sites (tertiary alicyclic amines) is 1. The molecule has 0 bridgehead atoms. The molecule has 0 saturated carbocycles. The Morgan fingerprint density at radius 1 is 1.05 bits per heavy atom. The van der Waals surface area contributed by atoms with E-state index in [1.54, 1.807) is 0 Å². The molecule has 1 aliphatic rings. The Labute approximate surface area is 131 Å². The van der Waals surface area contributed by atoms with Gasteiger partial charge in [-0.15, -0.1) is 0 Å². The average Bonchev–Trinajstić information content (AvgIpc) is 3.03. The number of nitrogens with zero attached hydrogens (tertiary/aromatic N) is 1. The Hall–Kier alpha value is -2.13. The van der Waals surface area contributed by atoms with Gasteiger partial charge in [-0.25, -0.2) is 0 Å². The lowest BCUT2D eigenvalue weighted by Crippen LogP contribution is -2.36. The van der Waals surface area contributed by atoms with Crippen molar-refractivity contribution in [3.8, 4) is 0 Å². The first-order chi connectivity index (χ1) is 10.8. The van der Waals surface area contributed by atoms with Crippen molar-refractivity contribution in [2.75, 3.05) is 6.54 Å². The van der Waals surface area contributed by atoms with Gasteiger partial charge < -0.3 is 10.6 Å². The molecule has 3 heteroatoms. The quantitative estimate of drug-likeness (QED) is 0.942. The average molecular weight is 294 g/mol. The van der Waals surface area contributed by atoms with E-state index < -0.39 is 0 Å². The highest BCUT2D eigenvalue weighted by Crippen LogP contribution is 2.23. The molecule has 1 atom stereocenters. The van der Waals surface area contributed by atoms with Crippen LogP contribution >= 0.6 is 0 Å². The minimum absolute atomic E-state index is 0.141. The summed E-state index contributed by atoms with van der Waals surface area (Å²) < 4.78 is 0. The Morgan fingerprint density at radius 2 is 1.77 bits per heavy atom. The van der Waals surface area contributed by atoms with Gasteiger partial charge in [0.2, 0.25) is 0 Å². The van der Waals surface area contributed by atoms with Gasteiger partial charge in [-0.05, 0) is 42.5 Å². The molecule has 1 saturated heterocycles. The third kappa shape index (κ3) is 3.20. The molecule has 22 heavy (non-hydrogen) atoms. The maximum Gasteiger partial charge on any atom is 0.254 e. The third-order valence-electron chi connectivity index (χ3n) is 4.39. The summed E-state index contributed by atoms with van der Waals surface area (Å²) in [6, 6.07) is 18.4. The van der Waals surface area contributed by atoms with Crippen LogP contribution in [0.25, 0.3) is 0 Å². The fourth-order valence-electron chi connectivity index (χ4n) is 3.15. The first kappa shape index (κ1) is 14.8. The van der Waals surface area contributed by atoms with Crippen LogP contribution in [0, 0.1) is 0 Å². The summed E-state index contributed by atoms with van der Waals surface area (Å²) in [6.07, 6.45) is 3.11.